The Hall–Kier alpha value is -0.770. The molecule has 0 fully saturated rings. The zero-order chi connectivity index (χ0) is 14.8. The van der Waals surface area contributed by atoms with Crippen LogP contribution in [0.2, 0.25) is 0 Å². The van der Waals surface area contributed by atoms with Crippen molar-refractivity contribution in [1.82, 2.24) is 9.88 Å². The van der Waals surface area contributed by atoms with Crippen LogP contribution in [0.5, 0.6) is 0 Å². The van der Waals surface area contributed by atoms with E-state index >= 15 is 0 Å². The summed E-state index contributed by atoms with van der Waals surface area (Å²) in [5, 5.41) is 3.03. The average Bonchev–Trinajstić information content (AvgIpc) is 2.66. The van der Waals surface area contributed by atoms with E-state index in [0.717, 1.165) is 4.47 Å². The number of halogens is 1. The minimum Gasteiger partial charge on any atom is -0.350 e. The number of carbonyl (C=O) groups excluding carboxylic acids is 1. The van der Waals surface area contributed by atoms with Gasteiger partial charge in [-0.3, -0.25) is 4.79 Å². The summed E-state index contributed by atoms with van der Waals surface area (Å²) in [5.74, 6) is 0.429. The van der Waals surface area contributed by atoms with Crippen molar-refractivity contribution in [3.8, 4) is 0 Å². The molecule has 4 heteroatoms. The molecule has 1 rings (SSSR count). The third-order valence-electron chi connectivity index (χ3n) is 3.65. The van der Waals surface area contributed by atoms with Gasteiger partial charge < -0.3 is 9.88 Å². The van der Waals surface area contributed by atoms with Crippen LogP contribution in [0.1, 0.15) is 58.1 Å². The summed E-state index contributed by atoms with van der Waals surface area (Å²) in [4.78, 5) is 12.3. The molecule has 3 nitrogen and oxygen atoms in total. The molecule has 0 radical (unpaired) electrons. The van der Waals surface area contributed by atoms with E-state index in [2.05, 4.69) is 62.8 Å². The Morgan fingerprint density at radius 1 is 1.37 bits per heavy atom. The summed E-state index contributed by atoms with van der Waals surface area (Å²) >= 11 is 3.43. The summed E-state index contributed by atoms with van der Waals surface area (Å²) in [5.41, 5.74) is 0.913. The Morgan fingerprint density at radius 3 is 2.42 bits per heavy atom. The van der Waals surface area contributed by atoms with Crippen LogP contribution in [-0.2, 0) is 0 Å². The van der Waals surface area contributed by atoms with E-state index < -0.39 is 0 Å². The number of carbonyl (C=O) groups is 1. The lowest BCUT2D eigenvalue weighted by atomic mass is 9.82. The first-order valence-corrected chi connectivity index (χ1v) is 7.57. The fourth-order valence-corrected chi connectivity index (χ4v) is 2.13. The van der Waals surface area contributed by atoms with Crippen molar-refractivity contribution in [2.45, 2.75) is 47.6 Å². The Morgan fingerprint density at radius 2 is 1.95 bits per heavy atom. The van der Waals surface area contributed by atoms with Crippen LogP contribution in [-0.4, -0.2) is 17.0 Å². The topological polar surface area (TPSA) is 34.0 Å². The minimum atomic E-state index is -0.00417. The molecule has 0 saturated carbocycles. The van der Waals surface area contributed by atoms with Crippen molar-refractivity contribution >= 4 is 21.8 Å². The van der Waals surface area contributed by atoms with Crippen LogP contribution in [0.15, 0.2) is 16.7 Å². The Bertz CT molecular complexity index is 443. The highest BCUT2D eigenvalue weighted by Crippen LogP contribution is 2.25. The quantitative estimate of drug-likeness (QED) is 0.881. The van der Waals surface area contributed by atoms with Gasteiger partial charge in [-0.1, -0.05) is 27.7 Å². The van der Waals surface area contributed by atoms with Crippen molar-refractivity contribution in [3.05, 3.63) is 22.4 Å². The maximum absolute atomic E-state index is 12.3. The number of rotatable bonds is 4. The van der Waals surface area contributed by atoms with E-state index in [1.807, 2.05) is 16.8 Å². The number of hydrogen-bond acceptors (Lipinski definition) is 1. The molecule has 1 atom stereocenters. The van der Waals surface area contributed by atoms with Crippen molar-refractivity contribution in [1.29, 1.82) is 0 Å². The van der Waals surface area contributed by atoms with Gasteiger partial charge in [0, 0.05) is 23.3 Å². The van der Waals surface area contributed by atoms with Crippen molar-refractivity contribution in [2.75, 3.05) is 6.54 Å². The standard InChI is InChI=1S/C15H25BrN2O/c1-10(2)18-9-12(16)7-13(18)14(19)17-8-11(3)15(4,5)6/h7,9-11H,8H2,1-6H3,(H,17,19). The summed E-state index contributed by atoms with van der Waals surface area (Å²) in [6.45, 7) is 13.6. The van der Waals surface area contributed by atoms with Crippen molar-refractivity contribution < 1.29 is 4.79 Å². The molecule has 0 bridgehead atoms. The second-order valence-corrected chi connectivity index (χ2v) is 7.44. The molecule has 1 aromatic heterocycles. The Labute approximate surface area is 124 Å². The lowest BCUT2D eigenvalue weighted by molar-refractivity contribution is 0.0926. The van der Waals surface area contributed by atoms with E-state index in [9.17, 15) is 4.79 Å². The maximum atomic E-state index is 12.3. The van der Waals surface area contributed by atoms with Gasteiger partial charge in [-0.2, -0.15) is 0 Å². The van der Waals surface area contributed by atoms with Gasteiger partial charge in [0.1, 0.15) is 5.69 Å². The smallest absolute Gasteiger partial charge is 0.267 e. The van der Waals surface area contributed by atoms with Gasteiger partial charge in [-0.15, -0.1) is 0 Å². The molecule has 1 N–H and O–H groups in total. The summed E-state index contributed by atoms with van der Waals surface area (Å²) in [6.07, 6.45) is 1.95. The molecular weight excluding hydrogens is 304 g/mol. The molecule has 1 unspecified atom stereocenters. The highest BCUT2D eigenvalue weighted by molar-refractivity contribution is 9.10. The van der Waals surface area contributed by atoms with Gasteiger partial charge in [-0.05, 0) is 47.2 Å². The zero-order valence-corrected chi connectivity index (χ0v) is 14.3. The SMILES string of the molecule is CC(C)n1cc(Br)cc1C(=O)NCC(C)C(C)(C)C. The van der Waals surface area contributed by atoms with E-state index in [1.54, 1.807) is 0 Å². The molecule has 1 aromatic rings. The summed E-state index contributed by atoms with van der Waals surface area (Å²) in [6, 6.07) is 2.14. The fourth-order valence-electron chi connectivity index (χ4n) is 1.70. The Balaban J connectivity index is 2.74. The van der Waals surface area contributed by atoms with E-state index in [-0.39, 0.29) is 17.4 Å². The van der Waals surface area contributed by atoms with Gasteiger partial charge >= 0.3 is 0 Å². The molecule has 0 spiro atoms. The number of nitrogens with zero attached hydrogens (tertiary/aromatic N) is 1. The van der Waals surface area contributed by atoms with Crippen LogP contribution >= 0.6 is 15.9 Å². The minimum absolute atomic E-state index is 0.00417. The third-order valence-corrected chi connectivity index (χ3v) is 4.09. The lowest BCUT2D eigenvalue weighted by Gasteiger charge is -2.27. The van der Waals surface area contributed by atoms with Crippen LogP contribution in [0, 0.1) is 11.3 Å². The number of nitrogens with one attached hydrogen (secondary N) is 1. The number of amides is 1. The van der Waals surface area contributed by atoms with Gasteiger partial charge in [0.05, 0.1) is 0 Å². The normalized spacial score (nSPS) is 13.7. The van der Waals surface area contributed by atoms with E-state index in [0.29, 0.717) is 18.2 Å². The largest absolute Gasteiger partial charge is 0.350 e. The van der Waals surface area contributed by atoms with Crippen LogP contribution < -0.4 is 5.32 Å². The monoisotopic (exact) mass is 328 g/mol. The molecule has 0 aliphatic carbocycles. The molecule has 19 heavy (non-hydrogen) atoms. The van der Waals surface area contributed by atoms with E-state index in [4.69, 9.17) is 0 Å². The molecule has 1 amide bonds. The van der Waals surface area contributed by atoms with Crippen LogP contribution in [0.3, 0.4) is 0 Å². The number of hydrogen-bond donors (Lipinski definition) is 1. The second-order valence-electron chi connectivity index (χ2n) is 6.52. The van der Waals surface area contributed by atoms with Crippen LogP contribution in [0.25, 0.3) is 0 Å². The molecule has 0 saturated heterocycles. The first-order chi connectivity index (χ1) is 8.62. The first kappa shape index (κ1) is 16.3. The Kier molecular flexibility index (Phi) is 5.25. The number of aromatic nitrogens is 1. The molecule has 0 aromatic carbocycles. The maximum Gasteiger partial charge on any atom is 0.267 e. The van der Waals surface area contributed by atoms with Gasteiger partial charge in [0.2, 0.25) is 0 Å². The molecule has 0 aliphatic heterocycles. The fraction of sp³-hybridized carbons (Fsp3) is 0.667. The zero-order valence-electron chi connectivity index (χ0n) is 12.7. The highest BCUT2D eigenvalue weighted by Gasteiger charge is 2.21. The molecule has 1 heterocycles. The molecular formula is C15H25BrN2O. The summed E-state index contributed by atoms with van der Waals surface area (Å²) in [7, 11) is 0. The van der Waals surface area contributed by atoms with Crippen LogP contribution in [0.4, 0.5) is 0 Å². The van der Waals surface area contributed by atoms with Gasteiger partial charge in [-0.25, -0.2) is 0 Å². The predicted octanol–water partition coefficient (Wildman–Crippen LogP) is 4.24. The van der Waals surface area contributed by atoms with Gasteiger partial charge in [0.15, 0.2) is 0 Å². The van der Waals surface area contributed by atoms with Crippen molar-refractivity contribution in [2.24, 2.45) is 11.3 Å². The van der Waals surface area contributed by atoms with Crippen molar-refractivity contribution in [3.63, 3.8) is 0 Å². The molecule has 108 valence electrons. The predicted molar refractivity (Wildman–Crippen MR) is 83.5 cm³/mol. The third kappa shape index (κ3) is 4.37. The molecule has 0 aliphatic rings. The first-order valence-electron chi connectivity index (χ1n) is 6.78. The average molecular weight is 329 g/mol. The van der Waals surface area contributed by atoms with E-state index in [1.165, 1.54) is 0 Å². The highest BCUT2D eigenvalue weighted by atomic mass is 79.9. The summed E-state index contributed by atoms with van der Waals surface area (Å²) < 4.78 is 2.93. The van der Waals surface area contributed by atoms with Gasteiger partial charge in [0.25, 0.3) is 5.91 Å². The lowest BCUT2D eigenvalue weighted by Crippen LogP contribution is -2.34. The second kappa shape index (κ2) is 6.12.